The van der Waals surface area contributed by atoms with E-state index in [9.17, 15) is 4.79 Å². The standard InChI is InChI=1S/C43H44Cl2N4O4.ClH/c1-30(2)36-10-12-37(13-11-36)51-23-18-32-4-6-33(7-5-32)28-48-19-21-49(22-20-48)42(50)17-9-34-24-31(3)43(39(44)25-34)53-41-16-14-38(27-47-41)52-29-35-8-15-40(45)46-26-35;/h4-17,24-27,30H,18-23,28-29H2,1-3H3;1H. The van der Waals surface area contributed by atoms with Crippen LogP contribution < -0.4 is 14.2 Å². The van der Waals surface area contributed by atoms with Crippen LogP contribution in [-0.4, -0.2) is 58.5 Å². The number of ether oxygens (including phenoxy) is 3. The zero-order valence-electron chi connectivity index (χ0n) is 30.7. The normalized spacial score (nSPS) is 13.2. The molecule has 0 N–H and O–H groups in total. The smallest absolute Gasteiger partial charge is 0.246 e. The number of nitrogens with zero attached hydrogens (tertiary/aromatic N) is 4. The minimum absolute atomic E-state index is 0. The van der Waals surface area contributed by atoms with E-state index in [0.29, 0.717) is 59.8 Å². The number of amides is 1. The number of carbonyl (C=O) groups is 1. The Morgan fingerprint density at radius 1 is 0.815 bits per heavy atom. The maximum absolute atomic E-state index is 13.1. The van der Waals surface area contributed by atoms with E-state index in [0.717, 1.165) is 48.5 Å². The van der Waals surface area contributed by atoms with Crippen LogP contribution >= 0.6 is 35.6 Å². The molecule has 0 saturated carbocycles. The van der Waals surface area contributed by atoms with Gasteiger partial charge in [-0.3, -0.25) is 9.69 Å². The van der Waals surface area contributed by atoms with Crippen molar-refractivity contribution in [3.8, 4) is 23.1 Å². The first kappa shape index (κ1) is 40.6. The number of hydrogen-bond donors (Lipinski definition) is 0. The Morgan fingerprint density at radius 2 is 1.52 bits per heavy atom. The first-order valence-corrected chi connectivity index (χ1v) is 18.6. The summed E-state index contributed by atoms with van der Waals surface area (Å²) in [5, 5.41) is 0.862. The maximum atomic E-state index is 13.1. The highest BCUT2D eigenvalue weighted by Crippen LogP contribution is 2.34. The van der Waals surface area contributed by atoms with Gasteiger partial charge in [0.2, 0.25) is 11.8 Å². The third kappa shape index (κ3) is 11.7. The van der Waals surface area contributed by atoms with Crippen molar-refractivity contribution < 1.29 is 19.0 Å². The van der Waals surface area contributed by atoms with Crippen molar-refractivity contribution in [1.82, 2.24) is 19.8 Å². The van der Waals surface area contributed by atoms with Crippen molar-refractivity contribution >= 4 is 47.6 Å². The topological polar surface area (TPSA) is 77.0 Å². The molecule has 0 unspecified atom stereocenters. The maximum Gasteiger partial charge on any atom is 0.246 e. The highest BCUT2D eigenvalue weighted by molar-refractivity contribution is 6.32. The minimum atomic E-state index is -0.0139. The van der Waals surface area contributed by atoms with Gasteiger partial charge in [-0.2, -0.15) is 0 Å². The molecule has 8 nitrogen and oxygen atoms in total. The molecule has 1 aliphatic heterocycles. The number of carbonyl (C=O) groups excluding carboxylic acids is 1. The molecule has 0 bridgehead atoms. The van der Waals surface area contributed by atoms with Crippen molar-refractivity contribution in [3.05, 3.63) is 147 Å². The Kier molecular flexibility index (Phi) is 14.8. The van der Waals surface area contributed by atoms with Crippen molar-refractivity contribution in [3.63, 3.8) is 0 Å². The number of rotatable bonds is 14. The molecule has 0 atom stereocenters. The number of pyridine rings is 2. The molecule has 1 aliphatic rings. The van der Waals surface area contributed by atoms with E-state index in [4.69, 9.17) is 37.4 Å². The van der Waals surface area contributed by atoms with E-state index in [2.05, 4.69) is 77.2 Å². The van der Waals surface area contributed by atoms with E-state index < -0.39 is 0 Å². The van der Waals surface area contributed by atoms with Crippen LogP contribution in [0, 0.1) is 6.92 Å². The summed E-state index contributed by atoms with van der Waals surface area (Å²) in [4.78, 5) is 25.8. The largest absolute Gasteiger partial charge is 0.493 e. The lowest BCUT2D eigenvalue weighted by atomic mass is 10.0. The predicted molar refractivity (Wildman–Crippen MR) is 218 cm³/mol. The van der Waals surface area contributed by atoms with Gasteiger partial charge in [-0.1, -0.05) is 79.5 Å². The first-order valence-electron chi connectivity index (χ1n) is 17.9. The summed E-state index contributed by atoms with van der Waals surface area (Å²) in [6.45, 7) is 11.1. The van der Waals surface area contributed by atoms with Gasteiger partial charge in [-0.25, -0.2) is 9.97 Å². The molecule has 0 radical (unpaired) electrons. The second-order valence-corrected chi connectivity index (χ2v) is 14.2. The molecular weight excluding hydrogens is 743 g/mol. The lowest BCUT2D eigenvalue weighted by Gasteiger charge is -2.34. The van der Waals surface area contributed by atoms with Crippen LogP contribution in [0.2, 0.25) is 10.2 Å². The van der Waals surface area contributed by atoms with Gasteiger partial charge < -0.3 is 19.1 Å². The first-order chi connectivity index (χ1) is 25.7. The van der Waals surface area contributed by atoms with Crippen LogP contribution in [-0.2, 0) is 24.4 Å². The summed E-state index contributed by atoms with van der Waals surface area (Å²) < 4.78 is 17.7. The molecule has 2 aromatic heterocycles. The van der Waals surface area contributed by atoms with Crippen LogP contribution in [0.3, 0.4) is 0 Å². The Bertz CT molecular complexity index is 1960. The van der Waals surface area contributed by atoms with E-state index in [1.807, 2.05) is 24.0 Å². The number of aromatic nitrogens is 2. The van der Waals surface area contributed by atoms with E-state index in [1.165, 1.54) is 16.7 Å². The summed E-state index contributed by atoms with van der Waals surface area (Å²) in [6.07, 6.45) is 7.53. The fourth-order valence-corrected chi connectivity index (χ4v) is 6.39. The fraction of sp³-hybridized carbons (Fsp3) is 0.279. The molecule has 1 amide bonds. The van der Waals surface area contributed by atoms with Crippen molar-refractivity contribution in [2.75, 3.05) is 32.8 Å². The average molecular weight is 788 g/mol. The van der Waals surface area contributed by atoms with Crippen LogP contribution in [0.15, 0.2) is 103 Å². The zero-order chi connectivity index (χ0) is 37.2. The van der Waals surface area contributed by atoms with Crippen LogP contribution in [0.1, 0.15) is 53.1 Å². The SMILES string of the molecule is Cc1cc(C=CC(=O)N2CCN(Cc3ccc(CCOc4ccc(C(C)C)cc4)cc3)CC2)cc(Cl)c1Oc1ccc(OCc2ccc(Cl)nc2)cn1.Cl. The number of halogens is 3. The molecule has 1 saturated heterocycles. The molecule has 282 valence electrons. The second-order valence-electron chi connectivity index (χ2n) is 13.4. The van der Waals surface area contributed by atoms with Gasteiger partial charge in [0.15, 0.2) is 5.75 Å². The molecule has 3 heterocycles. The lowest BCUT2D eigenvalue weighted by Crippen LogP contribution is -2.47. The second kappa shape index (κ2) is 19.6. The third-order valence-corrected chi connectivity index (χ3v) is 9.60. The summed E-state index contributed by atoms with van der Waals surface area (Å²) in [5.74, 6) is 2.89. The van der Waals surface area contributed by atoms with Gasteiger partial charge in [0.25, 0.3) is 0 Å². The Hall–Kier alpha value is -4.60. The molecular formula is C43H45Cl3N4O4. The fourth-order valence-electron chi connectivity index (χ4n) is 5.96. The third-order valence-electron chi connectivity index (χ3n) is 9.10. The van der Waals surface area contributed by atoms with Gasteiger partial charge >= 0.3 is 0 Å². The molecule has 1 fully saturated rings. The van der Waals surface area contributed by atoms with Gasteiger partial charge in [-0.15, -0.1) is 12.4 Å². The van der Waals surface area contributed by atoms with Crippen molar-refractivity contribution in [2.24, 2.45) is 0 Å². The zero-order valence-corrected chi connectivity index (χ0v) is 33.0. The van der Waals surface area contributed by atoms with Crippen LogP contribution in [0.4, 0.5) is 0 Å². The van der Waals surface area contributed by atoms with Crippen molar-refractivity contribution in [1.29, 1.82) is 0 Å². The molecule has 54 heavy (non-hydrogen) atoms. The summed E-state index contributed by atoms with van der Waals surface area (Å²) in [5.41, 5.74) is 6.37. The van der Waals surface area contributed by atoms with Gasteiger partial charge in [0, 0.05) is 63.0 Å². The highest BCUT2D eigenvalue weighted by atomic mass is 35.5. The van der Waals surface area contributed by atoms with E-state index in [-0.39, 0.29) is 18.3 Å². The monoisotopic (exact) mass is 786 g/mol. The van der Waals surface area contributed by atoms with Gasteiger partial charge in [0.1, 0.15) is 23.3 Å². The van der Waals surface area contributed by atoms with Crippen LogP contribution in [0.25, 0.3) is 6.08 Å². The Balaban J connectivity index is 0.00000561. The van der Waals surface area contributed by atoms with Crippen LogP contribution in [0.5, 0.6) is 23.1 Å². The number of piperazine rings is 1. The molecule has 0 spiro atoms. The average Bonchev–Trinajstić information content (AvgIpc) is 3.17. The number of aryl methyl sites for hydroxylation is 1. The van der Waals surface area contributed by atoms with E-state index >= 15 is 0 Å². The van der Waals surface area contributed by atoms with Crippen molar-refractivity contribution in [2.45, 2.75) is 46.3 Å². The minimum Gasteiger partial charge on any atom is -0.493 e. The summed E-state index contributed by atoms with van der Waals surface area (Å²) in [6, 6.07) is 27.9. The highest BCUT2D eigenvalue weighted by Gasteiger charge is 2.20. The molecule has 0 aliphatic carbocycles. The summed E-state index contributed by atoms with van der Waals surface area (Å²) >= 11 is 12.5. The predicted octanol–water partition coefficient (Wildman–Crippen LogP) is 9.99. The Morgan fingerprint density at radius 3 is 2.17 bits per heavy atom. The van der Waals surface area contributed by atoms with Gasteiger partial charge in [0.05, 0.1) is 17.8 Å². The quantitative estimate of drug-likeness (QED) is 0.0820. The summed E-state index contributed by atoms with van der Waals surface area (Å²) in [7, 11) is 0. The van der Waals surface area contributed by atoms with E-state index in [1.54, 1.807) is 48.8 Å². The molecule has 3 aromatic carbocycles. The molecule has 11 heteroatoms. The molecule has 6 rings (SSSR count). The number of hydrogen-bond acceptors (Lipinski definition) is 7. The lowest BCUT2D eigenvalue weighted by molar-refractivity contribution is -0.127. The number of benzene rings is 3. The Labute approximate surface area is 334 Å². The molecule has 5 aromatic rings. The van der Waals surface area contributed by atoms with Gasteiger partial charge in [-0.05, 0) is 83.1 Å².